The quantitative estimate of drug-likeness (QED) is 0.374. The van der Waals surface area contributed by atoms with Gasteiger partial charge in [0, 0.05) is 11.5 Å². The topological polar surface area (TPSA) is 105 Å². The van der Waals surface area contributed by atoms with Gasteiger partial charge >= 0.3 is 11.9 Å². The monoisotopic (exact) mass is 352 g/mol. The molecule has 0 aromatic heterocycles. The number of nitrogens with two attached hydrogens (primary N) is 2. The lowest BCUT2D eigenvalue weighted by Gasteiger charge is -2.10. The molecule has 0 radical (unpaired) electrons. The summed E-state index contributed by atoms with van der Waals surface area (Å²) in [5, 5.41) is 0. The van der Waals surface area contributed by atoms with Crippen molar-refractivity contribution >= 4 is 35.5 Å². The molecule has 130 valence electrons. The van der Waals surface area contributed by atoms with Crippen molar-refractivity contribution in [2.45, 2.75) is 38.8 Å². The third-order valence-corrected chi connectivity index (χ3v) is 4.95. The Morgan fingerprint density at radius 1 is 0.864 bits per heavy atom. The Hall–Kier alpha value is -0.440. The summed E-state index contributed by atoms with van der Waals surface area (Å²) >= 11 is 3.31. The first-order valence-corrected chi connectivity index (χ1v) is 9.83. The molecule has 0 aliphatic carbocycles. The SMILES string of the molecule is CCOC(=O)[C@H](N)CSCCCCSC[C@@H](N)C(=O)OCC. The first-order chi connectivity index (χ1) is 10.5. The van der Waals surface area contributed by atoms with Crippen LogP contribution in [0.1, 0.15) is 26.7 Å². The van der Waals surface area contributed by atoms with Gasteiger partial charge in [-0.1, -0.05) is 0 Å². The lowest BCUT2D eigenvalue weighted by Crippen LogP contribution is -2.34. The second-order valence-electron chi connectivity index (χ2n) is 4.57. The standard InChI is InChI=1S/C14H28N2O4S2/c1-3-19-13(17)11(15)9-21-7-5-6-8-22-10-12(16)14(18)20-4-2/h11-12H,3-10,15-16H2,1-2H3/t11-,12-/m1/s1. The van der Waals surface area contributed by atoms with Gasteiger partial charge in [-0.05, 0) is 38.2 Å². The number of rotatable bonds is 13. The van der Waals surface area contributed by atoms with Crippen molar-refractivity contribution in [1.82, 2.24) is 0 Å². The van der Waals surface area contributed by atoms with E-state index in [-0.39, 0.29) is 11.9 Å². The molecule has 0 spiro atoms. The summed E-state index contributed by atoms with van der Waals surface area (Å²) in [5.74, 6) is 2.41. The summed E-state index contributed by atoms with van der Waals surface area (Å²) in [6, 6.07) is -1.08. The largest absolute Gasteiger partial charge is 0.465 e. The van der Waals surface area contributed by atoms with Crippen LogP contribution < -0.4 is 11.5 Å². The average molecular weight is 353 g/mol. The maximum Gasteiger partial charge on any atom is 0.323 e. The maximum atomic E-state index is 11.3. The Kier molecular flexibility index (Phi) is 13.9. The van der Waals surface area contributed by atoms with E-state index in [9.17, 15) is 9.59 Å². The van der Waals surface area contributed by atoms with Crippen molar-refractivity contribution < 1.29 is 19.1 Å². The van der Waals surface area contributed by atoms with E-state index in [1.54, 1.807) is 37.4 Å². The van der Waals surface area contributed by atoms with Crippen LogP contribution in [0.5, 0.6) is 0 Å². The summed E-state index contributed by atoms with van der Waals surface area (Å²) < 4.78 is 9.69. The number of carbonyl (C=O) groups excluding carboxylic acids is 2. The number of esters is 2. The highest BCUT2D eigenvalue weighted by molar-refractivity contribution is 7.99. The molecule has 0 aliphatic heterocycles. The highest BCUT2D eigenvalue weighted by Gasteiger charge is 2.14. The van der Waals surface area contributed by atoms with E-state index in [1.807, 2.05) is 0 Å². The van der Waals surface area contributed by atoms with Crippen molar-refractivity contribution in [1.29, 1.82) is 0 Å². The fourth-order valence-electron chi connectivity index (χ4n) is 1.46. The van der Waals surface area contributed by atoms with Gasteiger partial charge in [-0.25, -0.2) is 0 Å². The molecule has 8 heteroatoms. The Bertz CT molecular complexity index is 289. The number of thioether (sulfide) groups is 2. The van der Waals surface area contributed by atoms with Crippen LogP contribution >= 0.6 is 23.5 Å². The van der Waals surface area contributed by atoms with Gasteiger partial charge < -0.3 is 20.9 Å². The number of unbranched alkanes of at least 4 members (excludes halogenated alkanes) is 1. The van der Waals surface area contributed by atoms with Gasteiger partial charge in [0.2, 0.25) is 0 Å². The number of carbonyl (C=O) groups is 2. The van der Waals surface area contributed by atoms with Crippen LogP contribution in [0.2, 0.25) is 0 Å². The van der Waals surface area contributed by atoms with E-state index in [2.05, 4.69) is 0 Å². The predicted molar refractivity (Wildman–Crippen MR) is 93.1 cm³/mol. The summed E-state index contributed by atoms with van der Waals surface area (Å²) in [6.07, 6.45) is 2.09. The molecule has 0 rings (SSSR count). The Balaban J connectivity index is 3.44. The molecule has 0 saturated carbocycles. The molecule has 2 atom stereocenters. The predicted octanol–water partition coefficient (Wildman–Crippen LogP) is 1.01. The molecule has 0 aromatic carbocycles. The molecule has 0 aromatic rings. The van der Waals surface area contributed by atoms with Gasteiger partial charge in [0.15, 0.2) is 0 Å². The fourth-order valence-corrected chi connectivity index (χ4v) is 3.39. The zero-order chi connectivity index (χ0) is 16.8. The summed E-state index contributed by atoms with van der Waals surface area (Å²) in [4.78, 5) is 22.6. The van der Waals surface area contributed by atoms with Crippen LogP contribution in [0.4, 0.5) is 0 Å². The van der Waals surface area contributed by atoms with Crippen molar-refractivity contribution in [2.75, 3.05) is 36.2 Å². The molecule has 0 aliphatic rings. The van der Waals surface area contributed by atoms with Crippen molar-refractivity contribution in [2.24, 2.45) is 11.5 Å². The van der Waals surface area contributed by atoms with E-state index in [4.69, 9.17) is 20.9 Å². The zero-order valence-electron chi connectivity index (χ0n) is 13.4. The molecule has 0 heterocycles. The Labute approximate surface area is 141 Å². The molecule has 0 amide bonds. The first-order valence-electron chi connectivity index (χ1n) is 7.52. The van der Waals surface area contributed by atoms with Gasteiger partial charge in [-0.3, -0.25) is 9.59 Å². The van der Waals surface area contributed by atoms with Crippen LogP contribution in [0, 0.1) is 0 Å². The molecule has 22 heavy (non-hydrogen) atoms. The van der Waals surface area contributed by atoms with Crippen molar-refractivity contribution in [3.8, 4) is 0 Å². The smallest absolute Gasteiger partial charge is 0.323 e. The highest BCUT2D eigenvalue weighted by Crippen LogP contribution is 2.11. The fraction of sp³-hybridized carbons (Fsp3) is 0.857. The normalized spacial score (nSPS) is 13.5. The summed E-state index contributed by atoms with van der Waals surface area (Å²) in [5.41, 5.74) is 11.4. The van der Waals surface area contributed by atoms with Crippen LogP contribution in [0.15, 0.2) is 0 Å². The summed E-state index contributed by atoms with van der Waals surface area (Å²) in [6.45, 7) is 4.26. The van der Waals surface area contributed by atoms with Crippen LogP contribution in [0.25, 0.3) is 0 Å². The molecule has 0 unspecified atom stereocenters. The molecule has 0 bridgehead atoms. The molecular weight excluding hydrogens is 324 g/mol. The molecular formula is C14H28N2O4S2. The molecule has 0 saturated heterocycles. The second kappa shape index (κ2) is 14.2. The van der Waals surface area contributed by atoms with Gasteiger partial charge in [-0.15, -0.1) is 0 Å². The minimum Gasteiger partial charge on any atom is -0.465 e. The Morgan fingerprint density at radius 2 is 1.23 bits per heavy atom. The second-order valence-corrected chi connectivity index (χ2v) is 6.87. The first kappa shape index (κ1) is 21.6. The average Bonchev–Trinajstić information content (AvgIpc) is 2.49. The zero-order valence-corrected chi connectivity index (χ0v) is 15.0. The third kappa shape index (κ3) is 11.2. The highest BCUT2D eigenvalue weighted by atomic mass is 32.2. The van der Waals surface area contributed by atoms with Gasteiger partial charge in [0.25, 0.3) is 0 Å². The van der Waals surface area contributed by atoms with Crippen LogP contribution in [-0.2, 0) is 19.1 Å². The Morgan fingerprint density at radius 3 is 1.55 bits per heavy atom. The molecule has 0 fully saturated rings. The maximum absolute atomic E-state index is 11.3. The van der Waals surface area contributed by atoms with Crippen LogP contribution in [0.3, 0.4) is 0 Å². The lowest BCUT2D eigenvalue weighted by atomic mass is 10.4. The number of hydrogen-bond acceptors (Lipinski definition) is 8. The minimum atomic E-state index is -0.540. The van der Waals surface area contributed by atoms with Gasteiger partial charge in [0.1, 0.15) is 12.1 Å². The molecule has 6 nitrogen and oxygen atoms in total. The summed E-state index contributed by atoms with van der Waals surface area (Å²) in [7, 11) is 0. The van der Waals surface area contributed by atoms with Crippen molar-refractivity contribution in [3.63, 3.8) is 0 Å². The van der Waals surface area contributed by atoms with Gasteiger partial charge in [-0.2, -0.15) is 23.5 Å². The number of hydrogen-bond donors (Lipinski definition) is 2. The molecule has 4 N–H and O–H groups in total. The van der Waals surface area contributed by atoms with Gasteiger partial charge in [0.05, 0.1) is 13.2 Å². The van der Waals surface area contributed by atoms with Crippen molar-refractivity contribution in [3.05, 3.63) is 0 Å². The minimum absolute atomic E-state index is 0.335. The van der Waals surface area contributed by atoms with E-state index >= 15 is 0 Å². The number of ether oxygens (including phenoxy) is 2. The van der Waals surface area contributed by atoms with E-state index in [0.717, 1.165) is 24.3 Å². The van der Waals surface area contributed by atoms with E-state index in [0.29, 0.717) is 24.7 Å². The third-order valence-electron chi connectivity index (χ3n) is 2.60. The van der Waals surface area contributed by atoms with Crippen LogP contribution in [-0.4, -0.2) is 60.2 Å². The lowest BCUT2D eigenvalue weighted by molar-refractivity contribution is -0.144. The van der Waals surface area contributed by atoms with E-state index < -0.39 is 12.1 Å². The van der Waals surface area contributed by atoms with E-state index in [1.165, 1.54) is 0 Å².